The minimum atomic E-state index is -0.267. The molecule has 4 rings (SSSR count). The van der Waals surface area contributed by atoms with E-state index in [4.69, 9.17) is 28.3 Å². The van der Waals surface area contributed by atoms with Crippen molar-refractivity contribution in [3.05, 3.63) is 85.5 Å². The molecule has 0 unspecified atom stereocenters. The Morgan fingerprint density at radius 2 is 2.03 bits per heavy atom. The smallest absolute Gasteiger partial charge is 0.272 e. The van der Waals surface area contributed by atoms with Crippen LogP contribution in [-0.2, 0) is 6.42 Å². The summed E-state index contributed by atoms with van der Waals surface area (Å²) in [5.74, 6) is -0.263. The molecule has 0 spiro atoms. The molecule has 0 bridgehead atoms. The minimum absolute atomic E-state index is 0.263. The van der Waals surface area contributed by atoms with E-state index in [1.54, 1.807) is 34.3 Å². The fourth-order valence-corrected chi connectivity index (χ4v) is 5.39. The number of pyridine rings is 1. The van der Waals surface area contributed by atoms with Crippen molar-refractivity contribution in [3.63, 3.8) is 0 Å². The van der Waals surface area contributed by atoms with Gasteiger partial charge in [-0.25, -0.2) is 4.68 Å². The summed E-state index contributed by atoms with van der Waals surface area (Å²) in [5, 5.41) is 8.73. The van der Waals surface area contributed by atoms with Crippen molar-refractivity contribution >= 4 is 56.4 Å². The van der Waals surface area contributed by atoms with Gasteiger partial charge in [0.25, 0.3) is 5.91 Å². The average molecular weight is 550 g/mol. The standard InChI is InChI=1S/C23H19BrCl2N4OS/c1-3-15-21(23(31)28-13(2)17-6-4-5-11-27-17)29-30(18-8-7-14(25)12-16(18)26)22(15)19-9-10-20(24)32-19/h4-13H,3H2,1-2H3,(H,28,31)/t13-/m0/s1. The summed E-state index contributed by atoms with van der Waals surface area (Å²) in [4.78, 5) is 18.6. The number of hydrogen-bond donors (Lipinski definition) is 1. The third-order valence-corrected chi connectivity index (χ3v) is 7.14. The van der Waals surface area contributed by atoms with Gasteiger partial charge in [0.05, 0.1) is 36.8 Å². The summed E-state index contributed by atoms with van der Waals surface area (Å²) in [6, 6.07) is 14.6. The lowest BCUT2D eigenvalue weighted by molar-refractivity contribution is 0.0932. The van der Waals surface area contributed by atoms with E-state index >= 15 is 0 Å². The molecule has 32 heavy (non-hydrogen) atoms. The Morgan fingerprint density at radius 3 is 2.66 bits per heavy atom. The van der Waals surface area contributed by atoms with Crippen LogP contribution < -0.4 is 5.32 Å². The van der Waals surface area contributed by atoms with Crippen LogP contribution in [0.25, 0.3) is 16.3 Å². The normalized spacial score (nSPS) is 12.0. The number of nitrogens with one attached hydrogen (secondary N) is 1. The van der Waals surface area contributed by atoms with Crippen LogP contribution in [0.1, 0.15) is 41.6 Å². The molecule has 1 amide bonds. The molecular formula is C23H19BrCl2N4OS. The Kier molecular flexibility index (Phi) is 7.00. The second-order valence-corrected chi connectivity index (χ2v) is 10.4. The highest BCUT2D eigenvalue weighted by Gasteiger charge is 2.26. The molecule has 3 heterocycles. The molecule has 0 aliphatic carbocycles. The van der Waals surface area contributed by atoms with E-state index in [1.165, 1.54) is 0 Å². The number of nitrogens with zero attached hydrogens (tertiary/aromatic N) is 3. The van der Waals surface area contributed by atoms with Gasteiger partial charge in [0.2, 0.25) is 0 Å². The van der Waals surface area contributed by atoms with Crippen LogP contribution in [0.5, 0.6) is 0 Å². The summed E-state index contributed by atoms with van der Waals surface area (Å²) < 4.78 is 2.72. The zero-order chi connectivity index (χ0) is 22.8. The maximum atomic E-state index is 13.3. The zero-order valence-corrected chi connectivity index (χ0v) is 21.2. The number of thiophene rings is 1. The number of aromatic nitrogens is 3. The molecule has 0 saturated carbocycles. The fraction of sp³-hybridized carbons (Fsp3) is 0.174. The first-order valence-corrected chi connectivity index (χ1v) is 12.3. The lowest BCUT2D eigenvalue weighted by Gasteiger charge is -2.12. The summed E-state index contributed by atoms with van der Waals surface area (Å²) in [5.41, 5.74) is 3.48. The molecule has 4 aromatic rings. The van der Waals surface area contributed by atoms with Crippen molar-refractivity contribution in [1.82, 2.24) is 20.1 Å². The summed E-state index contributed by atoms with van der Waals surface area (Å²) in [6.07, 6.45) is 2.33. The molecule has 1 atom stereocenters. The van der Waals surface area contributed by atoms with Crippen molar-refractivity contribution in [2.45, 2.75) is 26.3 Å². The molecule has 1 aromatic carbocycles. The lowest BCUT2D eigenvalue weighted by atomic mass is 10.1. The third kappa shape index (κ3) is 4.62. The van der Waals surface area contributed by atoms with Crippen molar-refractivity contribution in [1.29, 1.82) is 0 Å². The molecule has 0 fully saturated rings. The van der Waals surface area contributed by atoms with Crippen molar-refractivity contribution in [2.24, 2.45) is 0 Å². The number of halogens is 3. The van der Waals surface area contributed by atoms with E-state index < -0.39 is 0 Å². The maximum absolute atomic E-state index is 13.3. The molecule has 1 N–H and O–H groups in total. The molecule has 3 aromatic heterocycles. The molecule has 0 radical (unpaired) electrons. The largest absolute Gasteiger partial charge is 0.343 e. The van der Waals surface area contributed by atoms with E-state index in [9.17, 15) is 4.79 Å². The summed E-state index contributed by atoms with van der Waals surface area (Å²) in [6.45, 7) is 3.91. The van der Waals surface area contributed by atoms with Crippen LogP contribution in [0.4, 0.5) is 0 Å². The number of carbonyl (C=O) groups excluding carboxylic acids is 1. The maximum Gasteiger partial charge on any atom is 0.272 e. The molecule has 9 heteroatoms. The predicted molar refractivity (Wildman–Crippen MR) is 134 cm³/mol. The number of benzene rings is 1. The van der Waals surface area contributed by atoms with Crippen LogP contribution in [0.15, 0.2) is 58.5 Å². The molecule has 164 valence electrons. The van der Waals surface area contributed by atoms with Gasteiger partial charge in [-0.2, -0.15) is 5.10 Å². The van der Waals surface area contributed by atoms with Gasteiger partial charge in [-0.05, 0) is 71.7 Å². The van der Waals surface area contributed by atoms with Crippen LogP contribution >= 0.6 is 50.5 Å². The summed E-state index contributed by atoms with van der Waals surface area (Å²) in [7, 11) is 0. The number of hydrogen-bond acceptors (Lipinski definition) is 4. The quantitative estimate of drug-likeness (QED) is 0.278. The van der Waals surface area contributed by atoms with Crippen molar-refractivity contribution in [2.75, 3.05) is 0 Å². The average Bonchev–Trinajstić information content (AvgIpc) is 3.37. The van der Waals surface area contributed by atoms with E-state index in [0.29, 0.717) is 27.8 Å². The van der Waals surface area contributed by atoms with Gasteiger partial charge in [-0.3, -0.25) is 9.78 Å². The Bertz CT molecular complexity index is 1270. The van der Waals surface area contributed by atoms with Crippen LogP contribution in [-0.4, -0.2) is 20.7 Å². The summed E-state index contributed by atoms with van der Waals surface area (Å²) >= 11 is 17.7. The van der Waals surface area contributed by atoms with Crippen LogP contribution in [0.3, 0.4) is 0 Å². The van der Waals surface area contributed by atoms with E-state index in [2.05, 4.69) is 26.2 Å². The van der Waals surface area contributed by atoms with Crippen molar-refractivity contribution < 1.29 is 4.79 Å². The third-order valence-electron chi connectivity index (χ3n) is 4.98. The number of amides is 1. The molecule has 0 saturated heterocycles. The van der Waals surface area contributed by atoms with Gasteiger partial charge < -0.3 is 5.32 Å². The second kappa shape index (κ2) is 9.75. The lowest BCUT2D eigenvalue weighted by Crippen LogP contribution is -2.28. The molecule has 0 aliphatic heterocycles. The zero-order valence-electron chi connectivity index (χ0n) is 17.3. The first-order valence-electron chi connectivity index (χ1n) is 9.93. The minimum Gasteiger partial charge on any atom is -0.343 e. The highest BCUT2D eigenvalue weighted by Crippen LogP contribution is 2.38. The van der Waals surface area contributed by atoms with Gasteiger partial charge in [-0.1, -0.05) is 36.2 Å². The Balaban J connectivity index is 1.83. The van der Waals surface area contributed by atoms with Crippen LogP contribution in [0.2, 0.25) is 10.0 Å². The Labute approximate surface area is 208 Å². The Morgan fingerprint density at radius 1 is 1.22 bits per heavy atom. The van der Waals surface area contributed by atoms with Gasteiger partial charge in [0.1, 0.15) is 0 Å². The fourth-order valence-electron chi connectivity index (χ4n) is 3.46. The first-order chi connectivity index (χ1) is 15.4. The Hall–Kier alpha value is -2.19. The highest BCUT2D eigenvalue weighted by molar-refractivity contribution is 9.11. The van der Waals surface area contributed by atoms with E-state index in [1.807, 2.05) is 50.2 Å². The second-order valence-electron chi connectivity index (χ2n) is 7.09. The van der Waals surface area contributed by atoms with Crippen LogP contribution in [0, 0.1) is 0 Å². The van der Waals surface area contributed by atoms with Gasteiger partial charge in [0, 0.05) is 16.8 Å². The highest BCUT2D eigenvalue weighted by atomic mass is 79.9. The molecule has 0 aliphatic rings. The number of rotatable bonds is 6. The predicted octanol–water partition coefficient (Wildman–Crippen LogP) is 7.12. The SMILES string of the molecule is CCc1c(C(=O)N[C@@H](C)c2ccccn2)nn(-c2ccc(Cl)cc2Cl)c1-c1ccc(Br)s1. The van der Waals surface area contributed by atoms with E-state index in [-0.39, 0.29) is 11.9 Å². The van der Waals surface area contributed by atoms with Gasteiger partial charge in [-0.15, -0.1) is 11.3 Å². The van der Waals surface area contributed by atoms with Gasteiger partial charge in [0.15, 0.2) is 5.69 Å². The van der Waals surface area contributed by atoms with E-state index in [0.717, 1.165) is 25.6 Å². The molecular weight excluding hydrogens is 531 g/mol. The van der Waals surface area contributed by atoms with Gasteiger partial charge >= 0.3 is 0 Å². The molecule has 5 nitrogen and oxygen atoms in total. The first kappa shape index (κ1) is 23.0. The van der Waals surface area contributed by atoms with Crippen molar-refractivity contribution in [3.8, 4) is 16.3 Å². The number of carbonyl (C=O) groups is 1. The monoisotopic (exact) mass is 548 g/mol. The topological polar surface area (TPSA) is 59.8 Å².